The first-order chi connectivity index (χ1) is 26.6. The Morgan fingerprint density at radius 1 is 0.709 bits per heavy atom. The van der Waals surface area contributed by atoms with Crippen molar-refractivity contribution in [2.24, 2.45) is 5.92 Å². The average Bonchev–Trinajstić information content (AvgIpc) is 4.04. The van der Waals surface area contributed by atoms with Crippen LogP contribution < -0.4 is 10.6 Å². The van der Waals surface area contributed by atoms with E-state index in [9.17, 15) is 19.2 Å². The quantitative estimate of drug-likeness (QED) is 0.135. The zero-order chi connectivity index (χ0) is 39.1. The van der Waals surface area contributed by atoms with Crippen LogP contribution in [0.25, 0.3) is 33.6 Å². The molecule has 2 aliphatic heterocycles. The summed E-state index contributed by atoms with van der Waals surface area (Å²) < 4.78 is 14.7. The molecule has 0 bridgehead atoms. The summed E-state index contributed by atoms with van der Waals surface area (Å²) in [7, 11) is 4.11. The van der Waals surface area contributed by atoms with Crippen LogP contribution in [-0.4, -0.2) is 107 Å². The minimum atomic E-state index is -0.761. The van der Waals surface area contributed by atoms with Crippen molar-refractivity contribution in [2.45, 2.75) is 70.1 Å². The van der Waals surface area contributed by atoms with Crippen LogP contribution in [0.4, 0.5) is 9.59 Å². The number of hydrogen-bond acceptors (Lipinski definition) is 9. The van der Waals surface area contributed by atoms with Gasteiger partial charge in [0.1, 0.15) is 23.7 Å². The molecule has 2 aromatic heterocycles. The number of hydrogen-bond donors (Lipinski definition) is 4. The minimum Gasteiger partial charge on any atom is -0.453 e. The number of nitrogens with one attached hydrogen (secondary N) is 4. The predicted molar refractivity (Wildman–Crippen MR) is 204 cm³/mol. The molecule has 4 atom stereocenters. The van der Waals surface area contributed by atoms with Crippen LogP contribution in [0.1, 0.15) is 69.7 Å². The van der Waals surface area contributed by atoms with Gasteiger partial charge in [0, 0.05) is 33.2 Å². The summed E-state index contributed by atoms with van der Waals surface area (Å²) in [6.07, 6.45) is 5.84. The number of likely N-dealkylation sites (tertiary alicyclic amines) is 2. The van der Waals surface area contributed by atoms with Crippen LogP contribution in [-0.2, 0) is 23.8 Å². The molecule has 6 rings (SSSR count). The zero-order valence-electron chi connectivity index (χ0n) is 32.0. The van der Waals surface area contributed by atoms with Gasteiger partial charge in [-0.1, -0.05) is 62.4 Å². The molecule has 292 valence electrons. The van der Waals surface area contributed by atoms with E-state index in [0.717, 1.165) is 65.1 Å². The molecular formula is C40H50N8O7. The molecule has 15 nitrogen and oxygen atoms in total. The Morgan fingerprint density at radius 2 is 1.16 bits per heavy atom. The highest BCUT2D eigenvalue weighted by molar-refractivity contribution is 5.87. The van der Waals surface area contributed by atoms with Gasteiger partial charge in [-0.15, -0.1) is 0 Å². The van der Waals surface area contributed by atoms with Gasteiger partial charge in [0.25, 0.3) is 0 Å². The summed E-state index contributed by atoms with van der Waals surface area (Å²) in [4.78, 5) is 70.7. The van der Waals surface area contributed by atoms with Crippen molar-refractivity contribution in [3.63, 3.8) is 0 Å². The van der Waals surface area contributed by atoms with Crippen molar-refractivity contribution in [2.75, 3.05) is 41.0 Å². The highest BCUT2D eigenvalue weighted by Crippen LogP contribution is 2.35. The predicted octanol–water partition coefficient (Wildman–Crippen LogP) is 5.60. The maximum absolute atomic E-state index is 13.5. The highest BCUT2D eigenvalue weighted by atomic mass is 16.5. The van der Waals surface area contributed by atoms with E-state index in [1.165, 1.54) is 14.2 Å². The fourth-order valence-electron chi connectivity index (χ4n) is 7.39. The van der Waals surface area contributed by atoms with Crippen molar-refractivity contribution in [3.8, 4) is 33.6 Å². The molecule has 55 heavy (non-hydrogen) atoms. The number of H-pyrrole nitrogens is 2. The van der Waals surface area contributed by atoms with Gasteiger partial charge < -0.3 is 44.6 Å². The Kier molecular flexibility index (Phi) is 12.5. The first kappa shape index (κ1) is 39.0. The maximum atomic E-state index is 13.5. The third-order valence-corrected chi connectivity index (χ3v) is 10.4. The molecule has 2 fully saturated rings. The van der Waals surface area contributed by atoms with Crippen LogP contribution >= 0.6 is 0 Å². The van der Waals surface area contributed by atoms with E-state index < -0.39 is 24.3 Å². The van der Waals surface area contributed by atoms with Crippen LogP contribution in [0.15, 0.2) is 60.9 Å². The second kappa shape index (κ2) is 17.6. The number of aromatic amines is 2. The van der Waals surface area contributed by atoms with Crippen LogP contribution in [0, 0.1) is 5.92 Å². The Balaban J connectivity index is 1.10. The number of methoxy groups -OCH3 is 3. The van der Waals surface area contributed by atoms with E-state index in [2.05, 4.69) is 54.8 Å². The van der Waals surface area contributed by atoms with Crippen molar-refractivity contribution in [1.82, 2.24) is 40.4 Å². The molecule has 4 amide bonds. The lowest BCUT2D eigenvalue weighted by atomic mass is 10.0. The third-order valence-electron chi connectivity index (χ3n) is 10.4. The van der Waals surface area contributed by atoms with Crippen LogP contribution in [0.3, 0.4) is 0 Å². The molecule has 15 heteroatoms. The molecule has 0 aliphatic carbocycles. The number of ether oxygens (including phenoxy) is 3. The Morgan fingerprint density at radius 3 is 1.62 bits per heavy atom. The molecule has 4 N–H and O–H groups in total. The number of carbonyl (C=O) groups is 4. The minimum absolute atomic E-state index is 0.107. The normalized spacial score (nSPS) is 17.9. The molecular weight excluding hydrogens is 704 g/mol. The van der Waals surface area contributed by atoms with Gasteiger partial charge in [0.2, 0.25) is 11.8 Å². The third kappa shape index (κ3) is 8.83. The second-order valence-electron chi connectivity index (χ2n) is 14.2. The van der Waals surface area contributed by atoms with Gasteiger partial charge in [-0.05, 0) is 53.9 Å². The first-order valence-corrected chi connectivity index (χ1v) is 18.7. The topological polar surface area (TPSA) is 184 Å². The average molecular weight is 755 g/mol. The molecule has 2 aromatic carbocycles. The summed E-state index contributed by atoms with van der Waals surface area (Å²) in [5.74, 6) is 0.982. The van der Waals surface area contributed by atoms with Gasteiger partial charge in [-0.3, -0.25) is 9.59 Å². The van der Waals surface area contributed by atoms with Crippen molar-refractivity contribution >= 4 is 24.0 Å². The van der Waals surface area contributed by atoms with Crippen LogP contribution in [0.2, 0.25) is 0 Å². The number of alkyl carbamates (subject to hydrolysis) is 2. The summed E-state index contributed by atoms with van der Waals surface area (Å²) in [6, 6.07) is 14.5. The lowest BCUT2D eigenvalue weighted by Gasteiger charge is -2.30. The number of nitrogens with zero attached hydrogens (tertiary/aromatic N) is 4. The number of carbonyl (C=O) groups excluding carboxylic acids is 4. The SMILES string of the molecule is COCC[C@H](NC(=O)OC)C(=O)N1CCC[C@H]1c1ncc(-c2ccc(-c3ccc(-c4cnc([C@@H]5CCCN5C(=O)[C@@H](NC(=O)OC)C(C)C)[nH]4)cc3)cc2)[nH]1. The van der Waals surface area contributed by atoms with E-state index in [1.807, 2.05) is 38.1 Å². The summed E-state index contributed by atoms with van der Waals surface area (Å²) in [6.45, 7) is 5.27. The number of benzene rings is 2. The van der Waals surface area contributed by atoms with Crippen molar-refractivity contribution in [1.29, 1.82) is 0 Å². The van der Waals surface area contributed by atoms with E-state index in [1.54, 1.807) is 29.3 Å². The van der Waals surface area contributed by atoms with Gasteiger partial charge in [-0.25, -0.2) is 19.6 Å². The first-order valence-electron chi connectivity index (χ1n) is 18.7. The second-order valence-corrected chi connectivity index (χ2v) is 14.2. The molecule has 0 radical (unpaired) electrons. The molecule has 4 heterocycles. The number of aromatic nitrogens is 4. The van der Waals surface area contributed by atoms with E-state index in [0.29, 0.717) is 31.9 Å². The van der Waals surface area contributed by atoms with E-state index in [4.69, 9.17) is 14.2 Å². The van der Waals surface area contributed by atoms with Crippen molar-refractivity contribution < 1.29 is 33.4 Å². The smallest absolute Gasteiger partial charge is 0.407 e. The Bertz CT molecular complexity index is 1940. The van der Waals surface area contributed by atoms with Gasteiger partial charge in [-0.2, -0.15) is 0 Å². The summed E-state index contributed by atoms with van der Waals surface area (Å²) in [5.41, 5.74) is 5.73. The molecule has 2 aliphatic rings. The Labute approximate surface area is 320 Å². The highest BCUT2D eigenvalue weighted by Gasteiger charge is 2.38. The summed E-state index contributed by atoms with van der Waals surface area (Å²) >= 11 is 0. The van der Waals surface area contributed by atoms with Gasteiger partial charge >= 0.3 is 12.2 Å². The maximum Gasteiger partial charge on any atom is 0.407 e. The van der Waals surface area contributed by atoms with Crippen molar-refractivity contribution in [3.05, 3.63) is 72.6 Å². The van der Waals surface area contributed by atoms with E-state index in [-0.39, 0.29) is 29.8 Å². The molecule has 0 spiro atoms. The van der Waals surface area contributed by atoms with Gasteiger partial charge in [0.15, 0.2) is 0 Å². The van der Waals surface area contributed by atoms with Gasteiger partial charge in [0.05, 0.1) is 50.1 Å². The Hall–Kier alpha value is -5.70. The number of rotatable bonds is 13. The largest absolute Gasteiger partial charge is 0.453 e. The monoisotopic (exact) mass is 754 g/mol. The summed E-state index contributed by atoms with van der Waals surface area (Å²) in [5, 5.41) is 5.34. The lowest BCUT2D eigenvalue weighted by Crippen LogP contribution is -2.51. The molecule has 4 aromatic rings. The fraction of sp³-hybridized carbons (Fsp3) is 0.450. The molecule has 0 saturated carbocycles. The zero-order valence-corrected chi connectivity index (χ0v) is 32.0. The number of amides is 4. The molecule has 2 saturated heterocycles. The molecule has 0 unspecified atom stereocenters. The fourth-order valence-corrected chi connectivity index (χ4v) is 7.39. The number of imidazole rings is 2. The standard InChI is InChI=1S/C40H50N8O7/c1-24(2)34(46-40(52)55-5)38(50)48-20-7-9-33(48)36-42-23-31(44-36)28-16-12-26(13-17-28)25-10-14-27(15-11-25)30-22-41-35(43-30)32-8-6-19-47(32)37(49)29(18-21-53-3)45-39(51)54-4/h10-17,22-24,29,32-34H,6-9,18-21H2,1-5H3,(H,41,43)(H,42,44)(H,45,51)(H,46,52)/t29-,32-,33-,34-/m0/s1. The van der Waals surface area contributed by atoms with E-state index >= 15 is 0 Å². The van der Waals surface area contributed by atoms with Crippen LogP contribution in [0.5, 0.6) is 0 Å². The lowest BCUT2D eigenvalue weighted by molar-refractivity contribution is -0.136.